The summed E-state index contributed by atoms with van der Waals surface area (Å²) in [5.41, 5.74) is 1.61. The summed E-state index contributed by atoms with van der Waals surface area (Å²) < 4.78 is 5.60. The first-order valence-electron chi connectivity index (χ1n) is 7.78. The number of benzene rings is 1. The van der Waals surface area contributed by atoms with E-state index in [0.717, 1.165) is 26.2 Å². The molecule has 0 amide bonds. The first-order chi connectivity index (χ1) is 9.42. The van der Waals surface area contributed by atoms with Crippen LogP contribution in [-0.2, 0) is 10.2 Å². The predicted octanol–water partition coefficient (Wildman–Crippen LogP) is 4.01. The Morgan fingerprint density at radius 2 is 1.75 bits per heavy atom. The number of hydrogen-bond acceptors (Lipinski definition) is 2. The molecule has 0 heterocycles. The zero-order valence-corrected chi connectivity index (χ0v) is 13.8. The second-order valence-electron chi connectivity index (χ2n) is 6.78. The van der Waals surface area contributed by atoms with Crippen LogP contribution in [0.25, 0.3) is 0 Å². The molecule has 0 radical (unpaired) electrons. The normalized spacial score (nSPS) is 13.7. The van der Waals surface area contributed by atoms with Gasteiger partial charge in [0.25, 0.3) is 0 Å². The lowest BCUT2D eigenvalue weighted by molar-refractivity contribution is 0.109. The molecule has 0 saturated heterocycles. The van der Waals surface area contributed by atoms with Gasteiger partial charge in [-0.1, -0.05) is 58.0 Å². The van der Waals surface area contributed by atoms with E-state index in [1.807, 2.05) is 0 Å². The molecule has 1 rings (SSSR count). The Morgan fingerprint density at radius 1 is 1.10 bits per heavy atom. The topological polar surface area (TPSA) is 21.3 Å². The maximum absolute atomic E-state index is 5.60. The molecule has 1 aromatic carbocycles. The highest BCUT2D eigenvalue weighted by Crippen LogP contribution is 2.27. The fourth-order valence-corrected chi connectivity index (χ4v) is 2.54. The summed E-state index contributed by atoms with van der Waals surface area (Å²) in [4.78, 5) is 0. The van der Waals surface area contributed by atoms with E-state index in [0.29, 0.717) is 12.0 Å². The second-order valence-corrected chi connectivity index (χ2v) is 6.78. The average molecular weight is 277 g/mol. The lowest BCUT2D eigenvalue weighted by Crippen LogP contribution is -2.35. The molecule has 0 saturated carbocycles. The summed E-state index contributed by atoms with van der Waals surface area (Å²) in [7, 11) is 0. The minimum Gasteiger partial charge on any atom is -0.380 e. The van der Waals surface area contributed by atoms with Crippen molar-refractivity contribution in [3.63, 3.8) is 0 Å². The molecule has 1 unspecified atom stereocenters. The van der Waals surface area contributed by atoms with E-state index in [2.05, 4.69) is 70.3 Å². The first-order valence-corrected chi connectivity index (χ1v) is 7.78. The minimum absolute atomic E-state index is 0.201. The van der Waals surface area contributed by atoms with Crippen molar-refractivity contribution >= 4 is 0 Å². The molecular formula is C18H31NO. The van der Waals surface area contributed by atoms with Crippen molar-refractivity contribution in [3.8, 4) is 0 Å². The third kappa shape index (κ3) is 6.53. The molecule has 0 aliphatic heterocycles. The number of rotatable bonds is 9. The lowest BCUT2D eigenvalue weighted by Gasteiger charge is -2.29. The molecule has 1 N–H and O–H groups in total. The van der Waals surface area contributed by atoms with Crippen LogP contribution in [-0.4, -0.2) is 25.8 Å². The Morgan fingerprint density at radius 3 is 2.35 bits per heavy atom. The van der Waals surface area contributed by atoms with Crippen molar-refractivity contribution in [3.05, 3.63) is 35.9 Å². The number of hydrogen-bond donors (Lipinski definition) is 1. The Balaban J connectivity index is 2.29. The molecule has 0 aliphatic rings. The summed E-state index contributed by atoms with van der Waals surface area (Å²) >= 11 is 0. The van der Waals surface area contributed by atoms with E-state index in [-0.39, 0.29) is 5.41 Å². The van der Waals surface area contributed by atoms with Gasteiger partial charge in [0.1, 0.15) is 0 Å². The molecule has 0 fully saturated rings. The van der Waals surface area contributed by atoms with Crippen LogP contribution in [0.2, 0.25) is 0 Å². The van der Waals surface area contributed by atoms with Crippen molar-refractivity contribution in [1.29, 1.82) is 0 Å². The van der Waals surface area contributed by atoms with E-state index in [9.17, 15) is 0 Å². The van der Waals surface area contributed by atoms with Gasteiger partial charge in [0.05, 0.1) is 6.61 Å². The van der Waals surface area contributed by atoms with E-state index < -0.39 is 0 Å². The Kier molecular flexibility index (Phi) is 7.25. The molecule has 0 aromatic heterocycles. The molecule has 0 bridgehead atoms. The van der Waals surface area contributed by atoms with Crippen LogP contribution in [0.5, 0.6) is 0 Å². The van der Waals surface area contributed by atoms with E-state index >= 15 is 0 Å². The van der Waals surface area contributed by atoms with Gasteiger partial charge in [-0.15, -0.1) is 0 Å². The monoisotopic (exact) mass is 277 g/mol. The maximum Gasteiger partial charge on any atom is 0.0591 e. The quantitative estimate of drug-likeness (QED) is 0.689. The van der Waals surface area contributed by atoms with Gasteiger partial charge in [-0.2, -0.15) is 0 Å². The number of nitrogens with one attached hydrogen (secondary N) is 1. The third-order valence-electron chi connectivity index (χ3n) is 3.56. The smallest absolute Gasteiger partial charge is 0.0591 e. The van der Waals surface area contributed by atoms with Gasteiger partial charge in [0, 0.05) is 19.2 Å². The van der Waals surface area contributed by atoms with Crippen molar-refractivity contribution < 1.29 is 4.74 Å². The molecule has 0 aliphatic carbocycles. The zero-order chi connectivity index (χ0) is 15.0. The molecule has 2 heteroatoms. The molecule has 20 heavy (non-hydrogen) atoms. The molecule has 2 nitrogen and oxygen atoms in total. The highest BCUT2D eigenvalue weighted by molar-refractivity contribution is 5.23. The minimum atomic E-state index is 0.201. The highest BCUT2D eigenvalue weighted by Gasteiger charge is 2.22. The molecule has 1 atom stereocenters. The molecule has 0 spiro atoms. The van der Waals surface area contributed by atoms with Crippen molar-refractivity contribution in [2.75, 3.05) is 19.8 Å². The SMILES string of the molecule is CC(C)COCCNC(C)CC(C)(C)c1ccccc1. The molecule has 1 aromatic rings. The standard InChI is InChI=1S/C18H31NO/c1-15(2)14-20-12-11-19-16(3)13-18(4,5)17-9-7-6-8-10-17/h6-10,15-16,19H,11-14H2,1-5H3. The van der Waals surface area contributed by atoms with Crippen LogP contribution in [0.15, 0.2) is 30.3 Å². The van der Waals surface area contributed by atoms with Gasteiger partial charge in [0.15, 0.2) is 0 Å². The van der Waals surface area contributed by atoms with Gasteiger partial charge >= 0.3 is 0 Å². The summed E-state index contributed by atoms with van der Waals surface area (Å²) in [5, 5.41) is 3.56. The Hall–Kier alpha value is -0.860. The van der Waals surface area contributed by atoms with Gasteiger partial charge < -0.3 is 10.1 Å². The summed E-state index contributed by atoms with van der Waals surface area (Å²) in [6.07, 6.45) is 1.13. The number of ether oxygens (including phenoxy) is 1. The first kappa shape index (κ1) is 17.2. The second kappa shape index (κ2) is 8.43. The van der Waals surface area contributed by atoms with Gasteiger partial charge in [-0.05, 0) is 30.2 Å². The van der Waals surface area contributed by atoms with Crippen LogP contribution in [0.1, 0.15) is 46.6 Å². The fourth-order valence-electron chi connectivity index (χ4n) is 2.54. The Bertz CT molecular complexity index is 359. The molecular weight excluding hydrogens is 246 g/mol. The van der Waals surface area contributed by atoms with Gasteiger partial charge in [-0.25, -0.2) is 0 Å². The van der Waals surface area contributed by atoms with E-state index in [1.165, 1.54) is 5.56 Å². The van der Waals surface area contributed by atoms with E-state index in [1.54, 1.807) is 0 Å². The fraction of sp³-hybridized carbons (Fsp3) is 0.667. The molecule has 114 valence electrons. The van der Waals surface area contributed by atoms with Gasteiger partial charge in [0.2, 0.25) is 0 Å². The van der Waals surface area contributed by atoms with Crippen LogP contribution in [0.4, 0.5) is 0 Å². The van der Waals surface area contributed by atoms with Crippen molar-refractivity contribution in [1.82, 2.24) is 5.32 Å². The predicted molar refractivity (Wildman–Crippen MR) is 87.2 cm³/mol. The zero-order valence-electron chi connectivity index (χ0n) is 13.8. The summed E-state index contributed by atoms with van der Waals surface area (Å²) in [5.74, 6) is 0.615. The van der Waals surface area contributed by atoms with Crippen LogP contribution < -0.4 is 5.32 Å². The summed E-state index contributed by atoms with van der Waals surface area (Å²) in [6.45, 7) is 13.8. The van der Waals surface area contributed by atoms with Crippen molar-refractivity contribution in [2.24, 2.45) is 5.92 Å². The van der Waals surface area contributed by atoms with Gasteiger partial charge in [-0.3, -0.25) is 0 Å². The highest BCUT2D eigenvalue weighted by atomic mass is 16.5. The average Bonchev–Trinajstić information content (AvgIpc) is 2.38. The van der Waals surface area contributed by atoms with E-state index in [4.69, 9.17) is 4.74 Å². The summed E-state index contributed by atoms with van der Waals surface area (Å²) in [6, 6.07) is 11.3. The van der Waals surface area contributed by atoms with Crippen LogP contribution in [0, 0.1) is 5.92 Å². The maximum atomic E-state index is 5.60. The third-order valence-corrected chi connectivity index (χ3v) is 3.56. The lowest BCUT2D eigenvalue weighted by atomic mass is 9.79. The largest absolute Gasteiger partial charge is 0.380 e. The Labute approximate surface area is 124 Å². The van der Waals surface area contributed by atoms with Crippen LogP contribution in [0.3, 0.4) is 0 Å². The van der Waals surface area contributed by atoms with Crippen molar-refractivity contribution in [2.45, 2.75) is 52.5 Å². The van der Waals surface area contributed by atoms with Crippen LogP contribution >= 0.6 is 0 Å².